The van der Waals surface area contributed by atoms with Gasteiger partial charge in [-0.2, -0.15) is 0 Å². The van der Waals surface area contributed by atoms with Crippen LogP contribution in [-0.4, -0.2) is 0 Å². The predicted molar refractivity (Wildman–Crippen MR) is 18.0 cm³/mol. The summed E-state index contributed by atoms with van der Waals surface area (Å²) in [5.74, 6) is 0. The van der Waals surface area contributed by atoms with Crippen LogP contribution in [0.15, 0.2) is 0 Å². The molecule has 0 aliphatic rings. The van der Waals surface area contributed by atoms with Gasteiger partial charge < -0.3 is 18.8 Å². The molecule has 31 valence electrons. The van der Waals surface area contributed by atoms with Gasteiger partial charge in [0.15, 0.2) is 0 Å². The molecule has 0 unspecified atom stereocenters. The van der Waals surface area contributed by atoms with Gasteiger partial charge in [-0.3, -0.25) is 0 Å². The van der Waals surface area contributed by atoms with Crippen molar-refractivity contribution < 1.29 is 16.8 Å². The molecule has 0 aromatic heterocycles. The van der Waals surface area contributed by atoms with Crippen LogP contribution in [0, 0.1) is 10.7 Å². The van der Waals surface area contributed by atoms with E-state index in [2.05, 4.69) is 12.6 Å². The number of thiocyanates is 1. The number of nitrogens with zero attached hydrogens (tertiary/aromatic N) is 1. The first kappa shape index (κ1) is 19.1. The van der Waals surface area contributed by atoms with Gasteiger partial charge in [0.25, 0.3) is 0 Å². The number of hydrogen-bond acceptors (Lipinski definition) is 3. The Kier molecular flexibility index (Phi) is 116. The second-order valence-electron chi connectivity index (χ2n) is 0.0913. The van der Waals surface area contributed by atoms with E-state index in [4.69, 9.17) is 5.26 Å². The zero-order chi connectivity index (χ0) is 2.71. The summed E-state index contributed by atoms with van der Waals surface area (Å²) in [4.78, 5) is 0. The van der Waals surface area contributed by atoms with Crippen molar-refractivity contribution in [1.29, 1.82) is 5.26 Å². The number of hydrogen-bond donors (Lipinski definition) is 1. The van der Waals surface area contributed by atoms with Crippen LogP contribution in [-0.2, 0) is 29.4 Å². The largest absolute Gasteiger partial charge is 2.00 e. The molecule has 5 heavy (non-hydrogen) atoms. The summed E-state index contributed by atoms with van der Waals surface area (Å²) in [7, 11) is 0. The third-order valence-corrected chi connectivity index (χ3v) is 0. The van der Waals surface area contributed by atoms with E-state index in [1.54, 1.807) is 0 Å². The van der Waals surface area contributed by atoms with E-state index < -0.39 is 0 Å². The maximum atomic E-state index is 7.13. The Labute approximate surface area is 46.7 Å². The topological polar surface area (TPSA) is 58.8 Å². The minimum Gasteiger partial charge on any atom is -0.696 e. The molecule has 0 aromatic carbocycles. The average molecular weight is 134 g/mol. The van der Waals surface area contributed by atoms with Crippen LogP contribution in [0.2, 0.25) is 0 Å². The maximum Gasteiger partial charge on any atom is 2.00 e. The van der Waals surface area contributed by atoms with E-state index in [0.717, 1.165) is 0 Å². The van der Waals surface area contributed by atoms with Crippen molar-refractivity contribution >= 4 is 12.6 Å². The third kappa shape index (κ3) is 635. The molecule has 0 aromatic rings. The molecule has 0 aliphatic carbocycles. The Bertz CT molecular complexity index is 31.1. The van der Waals surface area contributed by atoms with Crippen LogP contribution in [0.3, 0.4) is 0 Å². The summed E-state index contributed by atoms with van der Waals surface area (Å²) in [5.41, 5.74) is 0. The summed E-state index contributed by atoms with van der Waals surface area (Å²) in [6.45, 7) is 0. The van der Waals surface area contributed by atoms with E-state index in [1.807, 2.05) is 0 Å². The average Bonchev–Trinajstić information content (AvgIpc) is 0.918. The SMILES string of the molecule is N.N#C[S-].[Co+2]. The van der Waals surface area contributed by atoms with Crippen LogP contribution in [0.1, 0.15) is 0 Å². The Morgan fingerprint density at radius 3 is 1.60 bits per heavy atom. The van der Waals surface area contributed by atoms with Crippen molar-refractivity contribution in [2.24, 2.45) is 0 Å². The zero-order valence-electron chi connectivity index (χ0n) is 2.40. The molecule has 0 heterocycles. The summed E-state index contributed by atoms with van der Waals surface area (Å²) in [5, 5.41) is 8.47. The van der Waals surface area contributed by atoms with Crippen molar-refractivity contribution in [3.63, 3.8) is 0 Å². The van der Waals surface area contributed by atoms with Crippen LogP contribution in [0.5, 0.6) is 0 Å². The molecule has 0 amide bonds. The van der Waals surface area contributed by atoms with Crippen molar-refractivity contribution in [3.8, 4) is 5.40 Å². The first-order valence-corrected chi connectivity index (χ1v) is 0.836. The normalized spacial score (nSPS) is 1.40. The van der Waals surface area contributed by atoms with Gasteiger partial charge >= 0.3 is 16.8 Å². The van der Waals surface area contributed by atoms with Crippen LogP contribution in [0.4, 0.5) is 0 Å². The fourth-order valence-electron chi connectivity index (χ4n) is 0. The van der Waals surface area contributed by atoms with Crippen molar-refractivity contribution in [2.45, 2.75) is 0 Å². The van der Waals surface area contributed by atoms with Crippen LogP contribution >= 0.6 is 0 Å². The Balaban J connectivity index is -0.0000000200. The first-order chi connectivity index (χ1) is 1.41. The smallest absolute Gasteiger partial charge is 0.696 e. The molecule has 0 spiro atoms. The van der Waals surface area contributed by atoms with E-state index in [0.29, 0.717) is 0 Å². The van der Waals surface area contributed by atoms with Gasteiger partial charge in [-0.15, -0.1) is 0 Å². The molecule has 2 nitrogen and oxygen atoms in total. The molecular weight excluding hydrogens is 131 g/mol. The molecular formula is CH3CoN2S+. The summed E-state index contributed by atoms with van der Waals surface area (Å²) in [6, 6.07) is 0. The fraction of sp³-hybridized carbons (Fsp3) is 0. The van der Waals surface area contributed by atoms with Crippen LogP contribution in [0.25, 0.3) is 0 Å². The fourth-order valence-corrected chi connectivity index (χ4v) is 0. The van der Waals surface area contributed by atoms with Gasteiger partial charge in [0.1, 0.15) is 0 Å². The van der Waals surface area contributed by atoms with Crippen molar-refractivity contribution in [3.05, 3.63) is 0 Å². The Hall–Kier alpha value is 0.176. The Morgan fingerprint density at radius 2 is 1.60 bits per heavy atom. The van der Waals surface area contributed by atoms with Crippen LogP contribution < -0.4 is 6.15 Å². The van der Waals surface area contributed by atoms with E-state index in [1.165, 1.54) is 5.40 Å². The quantitative estimate of drug-likeness (QED) is 0.379. The number of nitriles is 1. The Morgan fingerprint density at radius 1 is 1.60 bits per heavy atom. The molecule has 0 aliphatic heterocycles. The van der Waals surface area contributed by atoms with Gasteiger partial charge in [0.2, 0.25) is 0 Å². The van der Waals surface area contributed by atoms with E-state index in [9.17, 15) is 0 Å². The summed E-state index contributed by atoms with van der Waals surface area (Å²) >= 11 is 3.70. The molecule has 0 bridgehead atoms. The molecule has 0 saturated carbocycles. The number of rotatable bonds is 0. The van der Waals surface area contributed by atoms with Gasteiger partial charge in [0, 0.05) is 0 Å². The van der Waals surface area contributed by atoms with Crippen molar-refractivity contribution in [2.75, 3.05) is 0 Å². The second kappa shape index (κ2) is 30.4. The van der Waals surface area contributed by atoms with E-state index in [-0.39, 0.29) is 22.9 Å². The summed E-state index contributed by atoms with van der Waals surface area (Å²) < 4.78 is 0. The second-order valence-corrected chi connectivity index (χ2v) is 0.274. The monoisotopic (exact) mass is 134 g/mol. The third-order valence-electron chi connectivity index (χ3n) is 0. The molecule has 0 rings (SSSR count). The van der Waals surface area contributed by atoms with Gasteiger partial charge in [-0.1, -0.05) is 5.40 Å². The molecule has 0 atom stereocenters. The molecule has 0 fully saturated rings. The predicted octanol–water partition coefficient (Wildman–Crippen LogP) is 0.174. The first-order valence-electron chi connectivity index (χ1n) is 0.428. The van der Waals surface area contributed by atoms with E-state index >= 15 is 0 Å². The standard InChI is InChI=1S/CHNS.Co.H3N/c2-1-3;;/h3H;;1H3/q;+2;/p-1. The maximum absolute atomic E-state index is 7.13. The van der Waals surface area contributed by atoms with Gasteiger partial charge in [-0.25, -0.2) is 5.26 Å². The zero-order valence-corrected chi connectivity index (χ0v) is 4.25. The van der Waals surface area contributed by atoms with Gasteiger partial charge in [-0.05, 0) is 0 Å². The molecule has 3 N–H and O–H groups in total. The minimum atomic E-state index is 0. The minimum absolute atomic E-state index is 0. The molecule has 1 radical (unpaired) electrons. The molecule has 4 heteroatoms. The van der Waals surface area contributed by atoms with Gasteiger partial charge in [0.05, 0.1) is 0 Å². The summed E-state index contributed by atoms with van der Waals surface area (Å²) in [6.07, 6.45) is 0. The molecule has 0 saturated heterocycles. The van der Waals surface area contributed by atoms with Crippen molar-refractivity contribution in [1.82, 2.24) is 6.15 Å².